The zero-order valence-corrected chi connectivity index (χ0v) is 13.5. The third kappa shape index (κ3) is 4.02. The molecule has 0 unspecified atom stereocenters. The molecule has 122 valence electrons. The SMILES string of the molecule is COc1ccccc1NC1CC[NH+](Cc2ccccc2F)CC1. The van der Waals surface area contributed by atoms with Crippen LogP contribution in [0.4, 0.5) is 10.1 Å². The van der Waals surface area contributed by atoms with Crippen molar-refractivity contribution < 1.29 is 14.0 Å². The van der Waals surface area contributed by atoms with Gasteiger partial charge in [-0.15, -0.1) is 0 Å². The van der Waals surface area contributed by atoms with Gasteiger partial charge in [-0.2, -0.15) is 0 Å². The van der Waals surface area contributed by atoms with Crippen molar-refractivity contribution in [2.45, 2.75) is 25.4 Å². The largest absolute Gasteiger partial charge is 0.495 e. The van der Waals surface area contributed by atoms with Crippen LogP contribution in [0.3, 0.4) is 0 Å². The minimum absolute atomic E-state index is 0.0886. The molecular weight excluding hydrogens is 291 g/mol. The van der Waals surface area contributed by atoms with Crippen LogP contribution in [0.2, 0.25) is 0 Å². The Hall–Kier alpha value is -2.07. The molecule has 3 rings (SSSR count). The fourth-order valence-corrected chi connectivity index (χ4v) is 3.24. The van der Waals surface area contributed by atoms with Gasteiger partial charge in [0.1, 0.15) is 18.1 Å². The summed E-state index contributed by atoms with van der Waals surface area (Å²) in [4.78, 5) is 1.45. The van der Waals surface area contributed by atoms with E-state index in [1.165, 1.54) is 4.90 Å². The number of halogens is 1. The van der Waals surface area contributed by atoms with Gasteiger partial charge in [0.25, 0.3) is 0 Å². The topological polar surface area (TPSA) is 25.7 Å². The minimum Gasteiger partial charge on any atom is -0.495 e. The number of nitrogens with one attached hydrogen (secondary N) is 2. The average molecular weight is 315 g/mol. The molecule has 1 heterocycles. The summed E-state index contributed by atoms with van der Waals surface area (Å²) in [6.07, 6.45) is 2.17. The number of rotatable bonds is 5. The minimum atomic E-state index is -0.0886. The van der Waals surface area contributed by atoms with E-state index in [9.17, 15) is 4.39 Å². The molecule has 1 aliphatic heterocycles. The van der Waals surface area contributed by atoms with Gasteiger partial charge >= 0.3 is 0 Å². The Balaban J connectivity index is 1.53. The smallest absolute Gasteiger partial charge is 0.141 e. The van der Waals surface area contributed by atoms with E-state index < -0.39 is 0 Å². The first-order valence-corrected chi connectivity index (χ1v) is 8.23. The molecular formula is C19H24FN2O+. The normalized spacial score (nSPS) is 21.0. The number of methoxy groups -OCH3 is 1. The van der Waals surface area contributed by atoms with Crippen molar-refractivity contribution in [2.75, 3.05) is 25.5 Å². The second kappa shape index (κ2) is 7.47. The maximum absolute atomic E-state index is 13.8. The summed E-state index contributed by atoms with van der Waals surface area (Å²) in [6, 6.07) is 15.6. The fraction of sp³-hybridized carbons (Fsp3) is 0.368. The molecule has 4 heteroatoms. The lowest BCUT2D eigenvalue weighted by atomic mass is 10.0. The summed E-state index contributed by atoms with van der Waals surface area (Å²) in [5, 5.41) is 3.58. The van der Waals surface area contributed by atoms with E-state index in [0.717, 1.165) is 49.5 Å². The summed E-state index contributed by atoms with van der Waals surface area (Å²) in [7, 11) is 1.70. The first kappa shape index (κ1) is 15.8. The molecule has 3 nitrogen and oxygen atoms in total. The predicted molar refractivity (Wildman–Crippen MR) is 90.4 cm³/mol. The molecule has 0 atom stereocenters. The number of hydrogen-bond acceptors (Lipinski definition) is 2. The first-order valence-electron chi connectivity index (χ1n) is 8.23. The molecule has 0 spiro atoms. The van der Waals surface area contributed by atoms with Crippen LogP contribution < -0.4 is 15.0 Å². The second-order valence-electron chi connectivity index (χ2n) is 6.14. The van der Waals surface area contributed by atoms with Crippen molar-refractivity contribution in [3.05, 3.63) is 59.9 Å². The highest BCUT2D eigenvalue weighted by molar-refractivity contribution is 5.56. The van der Waals surface area contributed by atoms with Gasteiger partial charge in [-0.3, -0.25) is 0 Å². The quantitative estimate of drug-likeness (QED) is 0.886. The van der Waals surface area contributed by atoms with Gasteiger partial charge in [0, 0.05) is 24.4 Å². The molecule has 0 saturated carbocycles. The number of anilines is 1. The number of ether oxygens (including phenoxy) is 1. The maximum atomic E-state index is 13.8. The van der Waals surface area contributed by atoms with Crippen LogP contribution in [-0.4, -0.2) is 26.2 Å². The predicted octanol–water partition coefficient (Wildman–Crippen LogP) is 2.49. The number of piperidine rings is 1. The second-order valence-corrected chi connectivity index (χ2v) is 6.14. The Bertz CT molecular complexity index is 639. The zero-order valence-electron chi connectivity index (χ0n) is 13.5. The summed E-state index contributed by atoms with van der Waals surface area (Å²) in [6.45, 7) is 2.89. The van der Waals surface area contributed by atoms with Crippen molar-refractivity contribution in [3.8, 4) is 5.75 Å². The molecule has 2 aromatic carbocycles. The summed E-state index contributed by atoms with van der Waals surface area (Å²) < 4.78 is 19.1. The Kier molecular flexibility index (Phi) is 5.13. The van der Waals surface area contributed by atoms with Crippen LogP contribution in [0.5, 0.6) is 5.75 Å². The Morgan fingerprint density at radius 3 is 2.52 bits per heavy atom. The summed E-state index contributed by atoms with van der Waals surface area (Å²) >= 11 is 0. The molecule has 0 aromatic heterocycles. The third-order valence-electron chi connectivity index (χ3n) is 4.56. The highest BCUT2D eigenvalue weighted by atomic mass is 19.1. The molecule has 0 bridgehead atoms. The van der Waals surface area contributed by atoms with Crippen LogP contribution >= 0.6 is 0 Å². The lowest BCUT2D eigenvalue weighted by Gasteiger charge is -2.30. The van der Waals surface area contributed by atoms with E-state index >= 15 is 0 Å². The Labute approximate surface area is 137 Å². The Morgan fingerprint density at radius 2 is 1.78 bits per heavy atom. The number of para-hydroxylation sites is 2. The van der Waals surface area contributed by atoms with Crippen molar-refractivity contribution >= 4 is 5.69 Å². The molecule has 0 aliphatic carbocycles. The van der Waals surface area contributed by atoms with Gasteiger partial charge in [0.2, 0.25) is 0 Å². The molecule has 1 aliphatic rings. The van der Waals surface area contributed by atoms with E-state index in [0.29, 0.717) is 6.04 Å². The number of benzene rings is 2. The average Bonchev–Trinajstić information content (AvgIpc) is 2.59. The van der Waals surface area contributed by atoms with E-state index in [2.05, 4.69) is 11.4 Å². The standard InChI is InChI=1S/C19H23FN2O/c1-23-19-9-5-4-8-18(19)21-16-10-12-22(13-11-16)14-15-6-2-3-7-17(15)20/h2-9,16,21H,10-14H2,1H3/p+1. The summed E-state index contributed by atoms with van der Waals surface area (Å²) in [5.74, 6) is 0.794. The van der Waals surface area contributed by atoms with Crippen molar-refractivity contribution in [1.29, 1.82) is 0 Å². The maximum Gasteiger partial charge on any atom is 0.141 e. The van der Waals surface area contributed by atoms with Gasteiger partial charge < -0.3 is 15.0 Å². The first-order chi connectivity index (χ1) is 11.3. The van der Waals surface area contributed by atoms with Crippen LogP contribution in [0.15, 0.2) is 48.5 Å². The van der Waals surface area contributed by atoms with Crippen LogP contribution in [-0.2, 0) is 6.54 Å². The van der Waals surface area contributed by atoms with E-state index in [1.807, 2.05) is 30.3 Å². The fourth-order valence-electron chi connectivity index (χ4n) is 3.24. The van der Waals surface area contributed by atoms with E-state index in [4.69, 9.17) is 4.74 Å². The molecule has 2 N–H and O–H groups in total. The third-order valence-corrected chi connectivity index (χ3v) is 4.56. The molecule has 23 heavy (non-hydrogen) atoms. The monoisotopic (exact) mass is 315 g/mol. The van der Waals surface area contributed by atoms with E-state index in [1.54, 1.807) is 19.2 Å². The number of hydrogen-bond donors (Lipinski definition) is 2. The van der Waals surface area contributed by atoms with Crippen molar-refractivity contribution in [3.63, 3.8) is 0 Å². The molecule has 2 aromatic rings. The number of quaternary nitrogens is 1. The molecule has 1 saturated heterocycles. The molecule has 1 fully saturated rings. The van der Waals surface area contributed by atoms with Gasteiger partial charge in [0.15, 0.2) is 0 Å². The molecule has 0 amide bonds. The van der Waals surface area contributed by atoms with Crippen molar-refractivity contribution in [2.24, 2.45) is 0 Å². The van der Waals surface area contributed by atoms with Gasteiger partial charge in [-0.25, -0.2) is 4.39 Å². The lowest BCUT2D eigenvalue weighted by Crippen LogP contribution is -3.12. The van der Waals surface area contributed by atoms with Crippen LogP contribution in [0.25, 0.3) is 0 Å². The highest BCUT2D eigenvalue weighted by Crippen LogP contribution is 2.25. The van der Waals surface area contributed by atoms with Crippen molar-refractivity contribution in [1.82, 2.24) is 0 Å². The Morgan fingerprint density at radius 1 is 1.09 bits per heavy atom. The zero-order chi connectivity index (χ0) is 16.1. The van der Waals surface area contributed by atoms with Crippen LogP contribution in [0.1, 0.15) is 18.4 Å². The molecule has 0 radical (unpaired) electrons. The lowest BCUT2D eigenvalue weighted by molar-refractivity contribution is -0.918. The van der Waals surface area contributed by atoms with Gasteiger partial charge in [-0.1, -0.05) is 30.3 Å². The highest BCUT2D eigenvalue weighted by Gasteiger charge is 2.23. The number of likely N-dealkylation sites (tertiary alicyclic amines) is 1. The summed E-state index contributed by atoms with van der Waals surface area (Å²) in [5.41, 5.74) is 1.87. The van der Waals surface area contributed by atoms with Gasteiger partial charge in [-0.05, 0) is 18.2 Å². The van der Waals surface area contributed by atoms with Crippen LogP contribution in [0, 0.1) is 5.82 Å². The van der Waals surface area contributed by atoms with E-state index in [-0.39, 0.29) is 5.82 Å². The van der Waals surface area contributed by atoms with Gasteiger partial charge in [0.05, 0.1) is 25.9 Å².